The van der Waals surface area contributed by atoms with E-state index in [9.17, 15) is 0 Å². The van der Waals surface area contributed by atoms with Crippen molar-refractivity contribution >= 4 is 29.2 Å². The third kappa shape index (κ3) is 3.67. The van der Waals surface area contributed by atoms with E-state index < -0.39 is 0 Å². The van der Waals surface area contributed by atoms with Crippen LogP contribution in [0.2, 0.25) is 5.02 Å². The summed E-state index contributed by atoms with van der Waals surface area (Å²) < 4.78 is 0. The van der Waals surface area contributed by atoms with Gasteiger partial charge in [0, 0.05) is 5.02 Å². The molecule has 5 nitrogen and oxygen atoms in total. The minimum Gasteiger partial charge on any atom is -0.411 e. The zero-order valence-electron chi connectivity index (χ0n) is 7.55. The Morgan fingerprint density at radius 1 is 1.47 bits per heavy atom. The Kier molecular flexibility index (Phi) is 4.13. The van der Waals surface area contributed by atoms with E-state index in [0.717, 1.165) is 6.21 Å². The Morgan fingerprint density at radius 3 is 2.67 bits per heavy atom. The Hall–Kier alpha value is -2.06. The maximum Gasteiger partial charge on any atom is 0.182 e. The van der Waals surface area contributed by atoms with Gasteiger partial charge in [-0.05, 0) is 24.3 Å². The molecule has 2 N–H and O–H groups in total. The summed E-state index contributed by atoms with van der Waals surface area (Å²) in [5.74, 6) is 0. The lowest BCUT2D eigenvalue weighted by Crippen LogP contribution is -2.00. The molecule has 1 aromatic rings. The molecule has 1 aromatic carbocycles. The monoisotopic (exact) mass is 222 g/mol. The van der Waals surface area contributed by atoms with E-state index in [2.05, 4.69) is 15.7 Å². The average Bonchev–Trinajstić information content (AvgIpc) is 2.26. The molecule has 0 aliphatic carbocycles. The number of benzene rings is 1. The van der Waals surface area contributed by atoms with Crippen LogP contribution < -0.4 is 5.43 Å². The fraction of sp³-hybridized carbons (Fsp3) is 0. The SMILES string of the molecule is N#CC(/C=N/O)=N/Nc1ccc(Cl)cc1. The van der Waals surface area contributed by atoms with Crippen LogP contribution in [0, 0.1) is 11.3 Å². The van der Waals surface area contributed by atoms with Gasteiger partial charge in [0.1, 0.15) is 12.3 Å². The summed E-state index contributed by atoms with van der Waals surface area (Å²) in [4.78, 5) is 0. The first kappa shape index (κ1) is 11.0. The van der Waals surface area contributed by atoms with Crippen LogP contribution in [0.15, 0.2) is 34.5 Å². The smallest absolute Gasteiger partial charge is 0.182 e. The first-order chi connectivity index (χ1) is 7.26. The molecule has 0 saturated carbocycles. The highest BCUT2D eigenvalue weighted by Gasteiger charge is 1.93. The lowest BCUT2D eigenvalue weighted by molar-refractivity contribution is 0.322. The van der Waals surface area contributed by atoms with E-state index in [1.807, 2.05) is 0 Å². The number of hydrogen-bond acceptors (Lipinski definition) is 5. The molecule has 0 aliphatic rings. The van der Waals surface area contributed by atoms with Crippen LogP contribution in [0.5, 0.6) is 0 Å². The van der Waals surface area contributed by atoms with E-state index in [1.165, 1.54) is 0 Å². The van der Waals surface area contributed by atoms with Crippen molar-refractivity contribution in [1.82, 2.24) is 0 Å². The fourth-order valence-electron chi connectivity index (χ4n) is 0.787. The highest BCUT2D eigenvalue weighted by molar-refractivity contribution is 6.37. The molecule has 0 bridgehead atoms. The Balaban J connectivity index is 2.71. The summed E-state index contributed by atoms with van der Waals surface area (Å²) in [7, 11) is 0. The van der Waals surface area contributed by atoms with Gasteiger partial charge in [0.2, 0.25) is 0 Å². The molecular weight excluding hydrogens is 216 g/mol. The highest BCUT2D eigenvalue weighted by atomic mass is 35.5. The molecule has 0 heterocycles. The number of rotatable bonds is 3. The Morgan fingerprint density at radius 2 is 2.13 bits per heavy atom. The topological polar surface area (TPSA) is 80.8 Å². The zero-order chi connectivity index (χ0) is 11.1. The predicted octanol–water partition coefficient (Wildman–Crippen LogP) is 2.09. The quantitative estimate of drug-likeness (QED) is 0.467. The van der Waals surface area contributed by atoms with Crippen molar-refractivity contribution in [1.29, 1.82) is 5.26 Å². The summed E-state index contributed by atoms with van der Waals surface area (Å²) in [6, 6.07) is 8.52. The van der Waals surface area contributed by atoms with Crippen LogP contribution in [-0.2, 0) is 0 Å². The van der Waals surface area contributed by atoms with E-state index in [0.29, 0.717) is 10.7 Å². The predicted molar refractivity (Wildman–Crippen MR) is 58.4 cm³/mol. The van der Waals surface area contributed by atoms with Crippen LogP contribution in [-0.4, -0.2) is 17.1 Å². The molecule has 0 spiro atoms. The van der Waals surface area contributed by atoms with E-state index in [-0.39, 0.29) is 5.71 Å². The second-order valence-electron chi connectivity index (χ2n) is 2.47. The largest absolute Gasteiger partial charge is 0.411 e. The van der Waals surface area contributed by atoms with Crippen molar-refractivity contribution in [2.75, 3.05) is 5.43 Å². The van der Waals surface area contributed by atoms with Gasteiger partial charge in [-0.1, -0.05) is 16.8 Å². The highest BCUT2D eigenvalue weighted by Crippen LogP contribution is 2.12. The van der Waals surface area contributed by atoms with Crippen LogP contribution in [0.25, 0.3) is 0 Å². The van der Waals surface area contributed by atoms with Crippen molar-refractivity contribution in [2.45, 2.75) is 0 Å². The van der Waals surface area contributed by atoms with Crippen LogP contribution >= 0.6 is 11.6 Å². The number of nitrogens with one attached hydrogen (secondary N) is 1. The number of halogens is 1. The minimum absolute atomic E-state index is 0.0348. The number of hydrogen-bond donors (Lipinski definition) is 2. The summed E-state index contributed by atoms with van der Waals surface area (Å²) in [6.07, 6.45) is 0.933. The van der Waals surface area contributed by atoms with Gasteiger partial charge < -0.3 is 5.21 Å². The van der Waals surface area contributed by atoms with E-state index in [1.54, 1.807) is 30.3 Å². The minimum atomic E-state index is -0.0348. The number of anilines is 1. The Labute approximate surface area is 91.3 Å². The van der Waals surface area contributed by atoms with Crippen molar-refractivity contribution in [2.24, 2.45) is 10.3 Å². The second kappa shape index (κ2) is 5.62. The van der Waals surface area contributed by atoms with E-state index >= 15 is 0 Å². The van der Waals surface area contributed by atoms with Crippen LogP contribution in [0.1, 0.15) is 0 Å². The summed E-state index contributed by atoms with van der Waals surface area (Å²) in [6.45, 7) is 0. The zero-order valence-corrected chi connectivity index (χ0v) is 8.31. The standard InChI is InChI=1S/C9H7ClN4O/c10-7-1-3-8(4-2-7)13-14-9(5-11)6-12-15/h1-4,6,13,15H/b12-6+,14-9-. The molecule has 0 amide bonds. The van der Waals surface area contributed by atoms with Crippen molar-refractivity contribution in [3.8, 4) is 6.07 Å². The number of nitriles is 1. The molecule has 0 aromatic heterocycles. The molecule has 0 atom stereocenters. The molecule has 0 unspecified atom stereocenters. The van der Waals surface area contributed by atoms with Gasteiger partial charge in [-0.2, -0.15) is 10.4 Å². The fourth-order valence-corrected chi connectivity index (χ4v) is 0.913. The molecule has 76 valence electrons. The first-order valence-electron chi connectivity index (χ1n) is 3.93. The van der Waals surface area contributed by atoms with Crippen molar-refractivity contribution in [3.63, 3.8) is 0 Å². The van der Waals surface area contributed by atoms with Gasteiger partial charge in [-0.25, -0.2) is 0 Å². The molecular formula is C9H7ClN4O. The molecule has 0 saturated heterocycles. The summed E-state index contributed by atoms with van der Waals surface area (Å²) in [5.41, 5.74) is 3.26. The molecule has 15 heavy (non-hydrogen) atoms. The lowest BCUT2D eigenvalue weighted by atomic mass is 10.3. The van der Waals surface area contributed by atoms with Gasteiger partial charge in [-0.3, -0.25) is 5.43 Å². The average molecular weight is 223 g/mol. The Bertz CT molecular complexity index is 419. The molecule has 0 aliphatic heterocycles. The van der Waals surface area contributed by atoms with Crippen LogP contribution in [0.3, 0.4) is 0 Å². The number of hydrazone groups is 1. The summed E-state index contributed by atoms with van der Waals surface area (Å²) >= 11 is 5.68. The van der Waals surface area contributed by atoms with Gasteiger partial charge >= 0.3 is 0 Å². The first-order valence-corrected chi connectivity index (χ1v) is 4.31. The molecule has 1 rings (SSSR count). The normalized spacial score (nSPS) is 11.3. The van der Waals surface area contributed by atoms with Gasteiger partial charge in [-0.15, -0.1) is 0 Å². The second-order valence-corrected chi connectivity index (χ2v) is 2.91. The third-order valence-corrected chi connectivity index (χ3v) is 1.70. The van der Waals surface area contributed by atoms with Gasteiger partial charge in [0.15, 0.2) is 5.71 Å². The maximum absolute atomic E-state index is 8.54. The number of oxime groups is 1. The van der Waals surface area contributed by atoms with Crippen molar-refractivity contribution < 1.29 is 5.21 Å². The van der Waals surface area contributed by atoms with Gasteiger partial charge in [0.05, 0.1) is 5.69 Å². The van der Waals surface area contributed by atoms with Crippen molar-refractivity contribution in [3.05, 3.63) is 29.3 Å². The van der Waals surface area contributed by atoms with Gasteiger partial charge in [0.25, 0.3) is 0 Å². The lowest BCUT2D eigenvalue weighted by Gasteiger charge is -1.99. The maximum atomic E-state index is 8.54. The molecule has 0 radical (unpaired) electrons. The number of nitrogens with zero attached hydrogens (tertiary/aromatic N) is 3. The summed E-state index contributed by atoms with van der Waals surface area (Å²) in [5, 5.41) is 23.7. The molecule has 6 heteroatoms. The van der Waals surface area contributed by atoms with Crippen LogP contribution in [0.4, 0.5) is 5.69 Å². The molecule has 0 fully saturated rings. The third-order valence-electron chi connectivity index (χ3n) is 1.44. The van der Waals surface area contributed by atoms with E-state index in [4.69, 9.17) is 22.1 Å².